The van der Waals surface area contributed by atoms with Crippen molar-refractivity contribution in [3.63, 3.8) is 0 Å². The fraction of sp³-hybridized carbons (Fsp3) is 0.588. The van der Waals surface area contributed by atoms with Gasteiger partial charge in [0.25, 0.3) is 0 Å². The molecule has 0 bridgehead atoms. The van der Waals surface area contributed by atoms with Crippen LogP contribution in [0, 0.1) is 0 Å². The molecule has 20 heavy (non-hydrogen) atoms. The highest BCUT2D eigenvalue weighted by molar-refractivity contribution is 5.78. The number of epoxide rings is 1. The maximum absolute atomic E-state index is 11.9. The Kier molecular flexibility index (Phi) is 3.67. The van der Waals surface area contributed by atoms with E-state index in [1.54, 1.807) is 0 Å². The van der Waals surface area contributed by atoms with Crippen LogP contribution in [0.4, 0.5) is 0 Å². The van der Waals surface area contributed by atoms with Crippen molar-refractivity contribution in [1.82, 2.24) is 0 Å². The van der Waals surface area contributed by atoms with E-state index in [0.717, 1.165) is 5.56 Å². The summed E-state index contributed by atoms with van der Waals surface area (Å²) < 4.78 is 10.8. The summed E-state index contributed by atoms with van der Waals surface area (Å²) in [5.74, 6) is -0.276. The van der Waals surface area contributed by atoms with Crippen LogP contribution in [0.25, 0.3) is 0 Å². The quantitative estimate of drug-likeness (QED) is 0.609. The van der Waals surface area contributed by atoms with Gasteiger partial charge in [0.1, 0.15) is 11.7 Å². The van der Waals surface area contributed by atoms with E-state index < -0.39 is 11.7 Å². The van der Waals surface area contributed by atoms with Crippen molar-refractivity contribution in [3.8, 4) is 0 Å². The van der Waals surface area contributed by atoms with Crippen molar-refractivity contribution in [3.05, 3.63) is 35.4 Å². The molecule has 1 aliphatic rings. The Morgan fingerprint density at radius 1 is 1.05 bits per heavy atom. The van der Waals surface area contributed by atoms with E-state index in [9.17, 15) is 4.79 Å². The monoisotopic (exact) mass is 276 g/mol. The highest BCUT2D eigenvalue weighted by Gasteiger charge is 2.48. The first-order valence-electron chi connectivity index (χ1n) is 7.07. The number of carbonyl (C=O) groups excluding carboxylic acids is 1. The van der Waals surface area contributed by atoms with Gasteiger partial charge in [0.05, 0.1) is 0 Å². The van der Waals surface area contributed by atoms with Crippen LogP contribution < -0.4 is 0 Å². The highest BCUT2D eigenvalue weighted by atomic mass is 16.6. The summed E-state index contributed by atoms with van der Waals surface area (Å²) in [7, 11) is 0. The van der Waals surface area contributed by atoms with E-state index in [1.807, 2.05) is 32.9 Å². The lowest BCUT2D eigenvalue weighted by Crippen LogP contribution is -2.26. The highest BCUT2D eigenvalue weighted by Crippen LogP contribution is 2.40. The molecule has 1 heterocycles. The van der Waals surface area contributed by atoms with Gasteiger partial charge in [0.2, 0.25) is 0 Å². The van der Waals surface area contributed by atoms with Gasteiger partial charge in [-0.05, 0) is 37.3 Å². The molecule has 1 aromatic rings. The standard InChI is InChI=1S/C17H24O3/c1-16(2,3)12-9-7-11(8-10-12)13-14(19-13)15(18)20-17(4,5)6/h7-10,13-14H,1-6H3/t13-,14+/m0/s1. The summed E-state index contributed by atoms with van der Waals surface area (Å²) in [6, 6.07) is 8.28. The van der Waals surface area contributed by atoms with E-state index in [1.165, 1.54) is 5.56 Å². The molecule has 2 atom stereocenters. The molecule has 3 nitrogen and oxygen atoms in total. The van der Waals surface area contributed by atoms with Crippen molar-refractivity contribution in [2.24, 2.45) is 0 Å². The van der Waals surface area contributed by atoms with Gasteiger partial charge in [-0.1, -0.05) is 45.0 Å². The summed E-state index contributed by atoms with van der Waals surface area (Å²) in [6.45, 7) is 12.1. The molecule has 0 saturated carbocycles. The Morgan fingerprint density at radius 2 is 1.60 bits per heavy atom. The summed E-state index contributed by atoms with van der Waals surface area (Å²) in [5.41, 5.74) is 1.97. The number of rotatable bonds is 2. The number of esters is 1. The van der Waals surface area contributed by atoms with Gasteiger partial charge in [-0.25, -0.2) is 4.79 Å². The van der Waals surface area contributed by atoms with Crippen LogP contribution in [0.2, 0.25) is 0 Å². The second-order valence-corrected chi connectivity index (χ2v) is 7.38. The molecule has 0 aliphatic carbocycles. The topological polar surface area (TPSA) is 38.8 Å². The minimum Gasteiger partial charge on any atom is -0.458 e. The lowest BCUT2D eigenvalue weighted by Gasteiger charge is -2.19. The molecular weight excluding hydrogens is 252 g/mol. The largest absolute Gasteiger partial charge is 0.458 e. The third kappa shape index (κ3) is 3.60. The smallest absolute Gasteiger partial charge is 0.338 e. The van der Waals surface area contributed by atoms with Crippen LogP contribution in [0.1, 0.15) is 58.8 Å². The van der Waals surface area contributed by atoms with Gasteiger partial charge in [-0.3, -0.25) is 0 Å². The van der Waals surface area contributed by atoms with Crippen molar-refractivity contribution < 1.29 is 14.3 Å². The van der Waals surface area contributed by atoms with Crippen LogP contribution in [-0.4, -0.2) is 17.7 Å². The van der Waals surface area contributed by atoms with E-state index in [0.29, 0.717) is 0 Å². The lowest BCUT2D eigenvalue weighted by atomic mass is 9.86. The van der Waals surface area contributed by atoms with Gasteiger partial charge in [-0.15, -0.1) is 0 Å². The molecule has 1 saturated heterocycles. The number of carbonyl (C=O) groups is 1. The molecule has 0 amide bonds. The normalized spacial score (nSPS) is 22.5. The molecule has 0 unspecified atom stereocenters. The molecule has 1 fully saturated rings. The summed E-state index contributed by atoms with van der Waals surface area (Å²) >= 11 is 0. The van der Waals surface area contributed by atoms with Gasteiger partial charge in [-0.2, -0.15) is 0 Å². The van der Waals surface area contributed by atoms with Gasteiger partial charge < -0.3 is 9.47 Å². The van der Waals surface area contributed by atoms with E-state index in [2.05, 4.69) is 32.9 Å². The van der Waals surface area contributed by atoms with E-state index in [4.69, 9.17) is 9.47 Å². The minimum atomic E-state index is -0.469. The van der Waals surface area contributed by atoms with Crippen LogP contribution in [0.5, 0.6) is 0 Å². The lowest BCUT2D eigenvalue weighted by molar-refractivity contribution is -0.156. The fourth-order valence-electron chi connectivity index (χ4n) is 2.08. The van der Waals surface area contributed by atoms with E-state index >= 15 is 0 Å². The average Bonchev–Trinajstić information content (AvgIpc) is 3.05. The minimum absolute atomic E-state index is 0.132. The Bertz CT molecular complexity index is 488. The van der Waals surface area contributed by atoms with Crippen molar-refractivity contribution in [1.29, 1.82) is 0 Å². The van der Waals surface area contributed by atoms with Gasteiger partial charge in [0, 0.05) is 0 Å². The second kappa shape index (κ2) is 4.88. The first-order valence-corrected chi connectivity index (χ1v) is 7.07. The Morgan fingerprint density at radius 3 is 2.05 bits per heavy atom. The summed E-state index contributed by atoms with van der Waals surface area (Å²) in [4.78, 5) is 11.9. The zero-order chi connectivity index (χ0) is 15.1. The third-order valence-corrected chi connectivity index (χ3v) is 3.24. The fourth-order valence-corrected chi connectivity index (χ4v) is 2.08. The maximum atomic E-state index is 11.9. The van der Waals surface area contributed by atoms with Crippen LogP contribution in [-0.2, 0) is 19.7 Å². The third-order valence-electron chi connectivity index (χ3n) is 3.24. The molecule has 0 spiro atoms. The van der Waals surface area contributed by atoms with Gasteiger partial charge in [0.15, 0.2) is 6.10 Å². The number of hydrogen-bond acceptors (Lipinski definition) is 3. The van der Waals surface area contributed by atoms with E-state index in [-0.39, 0.29) is 17.5 Å². The number of hydrogen-bond donors (Lipinski definition) is 0. The van der Waals surface area contributed by atoms with Crippen LogP contribution >= 0.6 is 0 Å². The summed E-state index contributed by atoms with van der Waals surface area (Å²) in [5, 5.41) is 0. The predicted octanol–water partition coefficient (Wildman–Crippen LogP) is 3.77. The summed E-state index contributed by atoms with van der Waals surface area (Å²) in [6.07, 6.45) is -0.603. The second-order valence-electron chi connectivity index (χ2n) is 7.38. The zero-order valence-electron chi connectivity index (χ0n) is 13.2. The first kappa shape index (κ1) is 15.0. The number of ether oxygens (including phenoxy) is 2. The Hall–Kier alpha value is -1.35. The van der Waals surface area contributed by atoms with Crippen molar-refractivity contribution in [2.45, 2.75) is 64.8 Å². The van der Waals surface area contributed by atoms with Crippen LogP contribution in [0.3, 0.4) is 0 Å². The molecule has 110 valence electrons. The zero-order valence-corrected chi connectivity index (χ0v) is 13.2. The Labute approximate surface area is 121 Å². The molecule has 0 radical (unpaired) electrons. The van der Waals surface area contributed by atoms with Gasteiger partial charge >= 0.3 is 5.97 Å². The maximum Gasteiger partial charge on any atom is 0.338 e. The van der Waals surface area contributed by atoms with Crippen molar-refractivity contribution in [2.75, 3.05) is 0 Å². The molecule has 1 aromatic carbocycles. The molecule has 1 aliphatic heterocycles. The molecular formula is C17H24O3. The van der Waals surface area contributed by atoms with Crippen LogP contribution in [0.15, 0.2) is 24.3 Å². The Balaban J connectivity index is 2.00. The predicted molar refractivity (Wildman–Crippen MR) is 78.6 cm³/mol. The molecule has 0 aromatic heterocycles. The molecule has 2 rings (SSSR count). The average molecular weight is 276 g/mol. The molecule has 0 N–H and O–H groups in total. The SMILES string of the molecule is CC(C)(C)OC(=O)[C@@H]1O[C@H]1c1ccc(C(C)(C)C)cc1. The molecule has 3 heteroatoms. The number of benzene rings is 1. The van der Waals surface area contributed by atoms with Crippen molar-refractivity contribution >= 4 is 5.97 Å². The first-order chi connectivity index (χ1) is 9.08.